The van der Waals surface area contributed by atoms with E-state index in [-0.39, 0.29) is 0 Å². The van der Waals surface area contributed by atoms with Gasteiger partial charge in [0.25, 0.3) is 0 Å². The van der Waals surface area contributed by atoms with E-state index in [4.69, 9.17) is 0 Å². The van der Waals surface area contributed by atoms with Crippen LogP contribution < -0.4 is 0 Å². The van der Waals surface area contributed by atoms with Crippen LogP contribution in [0.2, 0.25) is 0 Å². The molecular formula is C21H23NO2S. The molecule has 0 amide bonds. The van der Waals surface area contributed by atoms with Gasteiger partial charge in [0.05, 0.1) is 5.56 Å². The highest BCUT2D eigenvalue weighted by Gasteiger charge is 2.25. The lowest BCUT2D eigenvalue weighted by atomic mass is 9.89. The molecule has 4 rings (SSSR count). The number of benzene rings is 1. The molecule has 0 spiro atoms. The highest BCUT2D eigenvalue weighted by atomic mass is 32.1. The second-order valence-corrected chi connectivity index (χ2v) is 7.78. The van der Waals surface area contributed by atoms with Gasteiger partial charge in [0.1, 0.15) is 0 Å². The maximum Gasteiger partial charge on any atom is 0.335 e. The van der Waals surface area contributed by atoms with Crippen LogP contribution in [-0.2, 0) is 12.8 Å². The van der Waals surface area contributed by atoms with Crippen molar-refractivity contribution in [2.45, 2.75) is 32.6 Å². The van der Waals surface area contributed by atoms with Gasteiger partial charge in [-0.3, -0.25) is 0 Å². The summed E-state index contributed by atoms with van der Waals surface area (Å²) in [6.07, 6.45) is 4.18. The van der Waals surface area contributed by atoms with Crippen LogP contribution in [0.1, 0.15) is 51.7 Å². The van der Waals surface area contributed by atoms with Gasteiger partial charge in [-0.15, -0.1) is 11.3 Å². The average Bonchev–Trinajstić information content (AvgIpc) is 3.03. The smallest absolute Gasteiger partial charge is 0.335 e. The highest BCUT2D eigenvalue weighted by Crippen LogP contribution is 2.41. The number of nitrogens with zero attached hydrogens (tertiary/aromatic N) is 1. The predicted molar refractivity (Wildman–Crippen MR) is 102 cm³/mol. The highest BCUT2D eigenvalue weighted by molar-refractivity contribution is 7.11. The zero-order chi connectivity index (χ0) is 17.4. The first-order valence-corrected chi connectivity index (χ1v) is 9.93. The molecule has 3 nitrogen and oxygen atoms in total. The van der Waals surface area contributed by atoms with E-state index in [2.05, 4.69) is 23.3 Å². The van der Waals surface area contributed by atoms with E-state index in [0.717, 1.165) is 50.9 Å². The SMILES string of the molecule is CCN1CCC(=C2c3cc(C(=O)O)ccc3CCc3ccsc32)CC1. The number of likely N-dealkylation sites (tertiary alicyclic amines) is 1. The lowest BCUT2D eigenvalue weighted by Gasteiger charge is -2.29. The third-order valence-electron chi connectivity index (χ3n) is 5.52. The number of thiophene rings is 1. The van der Waals surface area contributed by atoms with Crippen molar-refractivity contribution in [3.05, 3.63) is 62.3 Å². The second kappa shape index (κ2) is 6.77. The molecule has 0 radical (unpaired) electrons. The number of carboxylic acids is 1. The van der Waals surface area contributed by atoms with Gasteiger partial charge in [-0.1, -0.05) is 18.6 Å². The first kappa shape index (κ1) is 16.6. The zero-order valence-electron chi connectivity index (χ0n) is 14.5. The number of hydrogen-bond acceptors (Lipinski definition) is 3. The summed E-state index contributed by atoms with van der Waals surface area (Å²) in [5.74, 6) is -0.844. The molecule has 25 heavy (non-hydrogen) atoms. The molecule has 1 aromatic heterocycles. The number of fused-ring (bicyclic) bond motifs is 2. The Morgan fingerprint density at radius 2 is 1.88 bits per heavy atom. The topological polar surface area (TPSA) is 40.5 Å². The number of aromatic carboxylic acids is 1. The largest absolute Gasteiger partial charge is 0.478 e. The summed E-state index contributed by atoms with van der Waals surface area (Å²) in [5.41, 5.74) is 7.08. The molecule has 0 unspecified atom stereocenters. The monoisotopic (exact) mass is 353 g/mol. The molecule has 4 heteroatoms. The van der Waals surface area contributed by atoms with Crippen molar-refractivity contribution >= 4 is 22.9 Å². The molecule has 1 fully saturated rings. The fourth-order valence-electron chi connectivity index (χ4n) is 4.04. The van der Waals surface area contributed by atoms with Gasteiger partial charge in [0, 0.05) is 18.0 Å². The van der Waals surface area contributed by atoms with E-state index >= 15 is 0 Å². The molecule has 0 saturated carbocycles. The van der Waals surface area contributed by atoms with Crippen LogP contribution in [0.25, 0.3) is 5.57 Å². The fourth-order valence-corrected chi connectivity index (χ4v) is 5.11. The molecule has 1 aromatic carbocycles. The molecule has 130 valence electrons. The molecule has 1 saturated heterocycles. The molecule has 1 aliphatic carbocycles. The van der Waals surface area contributed by atoms with E-state index in [1.165, 1.54) is 27.2 Å². The maximum absolute atomic E-state index is 11.5. The van der Waals surface area contributed by atoms with Gasteiger partial charge in [-0.25, -0.2) is 4.79 Å². The van der Waals surface area contributed by atoms with Crippen LogP contribution in [0, 0.1) is 0 Å². The Labute approximate surface area is 152 Å². The number of rotatable bonds is 2. The number of piperidine rings is 1. The van der Waals surface area contributed by atoms with Crippen LogP contribution in [0.3, 0.4) is 0 Å². The van der Waals surface area contributed by atoms with Crippen molar-refractivity contribution < 1.29 is 9.90 Å². The molecule has 1 aliphatic heterocycles. The summed E-state index contributed by atoms with van der Waals surface area (Å²) in [6, 6.07) is 7.92. The number of carboxylic acid groups (broad SMARTS) is 1. The normalized spacial score (nSPS) is 17.8. The number of hydrogen-bond donors (Lipinski definition) is 1. The van der Waals surface area contributed by atoms with Crippen LogP contribution in [-0.4, -0.2) is 35.6 Å². The van der Waals surface area contributed by atoms with Crippen molar-refractivity contribution in [1.82, 2.24) is 4.90 Å². The summed E-state index contributed by atoms with van der Waals surface area (Å²) in [4.78, 5) is 15.4. The Bertz CT molecular complexity index is 839. The summed E-state index contributed by atoms with van der Waals surface area (Å²) >= 11 is 1.81. The Hall–Kier alpha value is -1.91. The quantitative estimate of drug-likeness (QED) is 0.866. The van der Waals surface area contributed by atoms with Crippen LogP contribution in [0.4, 0.5) is 0 Å². The van der Waals surface area contributed by atoms with Crippen molar-refractivity contribution in [1.29, 1.82) is 0 Å². The van der Waals surface area contributed by atoms with E-state index in [1.54, 1.807) is 17.4 Å². The lowest BCUT2D eigenvalue weighted by molar-refractivity contribution is 0.0697. The summed E-state index contributed by atoms with van der Waals surface area (Å²) < 4.78 is 0. The lowest BCUT2D eigenvalue weighted by Crippen LogP contribution is -2.30. The van der Waals surface area contributed by atoms with E-state index in [0.29, 0.717) is 5.56 Å². The Kier molecular flexibility index (Phi) is 4.48. The van der Waals surface area contributed by atoms with Gasteiger partial charge in [-0.2, -0.15) is 0 Å². The molecular weight excluding hydrogens is 330 g/mol. The average molecular weight is 353 g/mol. The van der Waals surface area contributed by atoms with Gasteiger partial charge >= 0.3 is 5.97 Å². The summed E-state index contributed by atoms with van der Waals surface area (Å²) in [6.45, 7) is 5.52. The van der Waals surface area contributed by atoms with Crippen LogP contribution in [0.5, 0.6) is 0 Å². The summed E-state index contributed by atoms with van der Waals surface area (Å²) in [7, 11) is 0. The second-order valence-electron chi connectivity index (χ2n) is 6.86. The first-order valence-electron chi connectivity index (χ1n) is 9.05. The third-order valence-corrected chi connectivity index (χ3v) is 6.50. The molecule has 0 bridgehead atoms. The Balaban J connectivity index is 1.88. The van der Waals surface area contributed by atoms with Crippen molar-refractivity contribution in [3.63, 3.8) is 0 Å². The van der Waals surface area contributed by atoms with E-state index < -0.39 is 5.97 Å². The summed E-state index contributed by atoms with van der Waals surface area (Å²) in [5, 5.41) is 11.6. The van der Waals surface area contributed by atoms with Crippen LogP contribution in [0.15, 0.2) is 35.2 Å². The van der Waals surface area contributed by atoms with Crippen molar-refractivity contribution in [3.8, 4) is 0 Å². The van der Waals surface area contributed by atoms with Crippen molar-refractivity contribution in [2.24, 2.45) is 0 Å². The number of carbonyl (C=O) groups is 1. The van der Waals surface area contributed by atoms with Crippen LogP contribution >= 0.6 is 11.3 Å². The molecule has 1 N–H and O–H groups in total. The third kappa shape index (κ3) is 3.05. The van der Waals surface area contributed by atoms with Gasteiger partial charge in [0.2, 0.25) is 0 Å². The Morgan fingerprint density at radius 3 is 2.60 bits per heavy atom. The minimum Gasteiger partial charge on any atom is -0.478 e. The van der Waals surface area contributed by atoms with Gasteiger partial charge < -0.3 is 10.0 Å². The zero-order valence-corrected chi connectivity index (χ0v) is 15.4. The minimum atomic E-state index is -0.844. The Morgan fingerprint density at radius 1 is 1.12 bits per heavy atom. The maximum atomic E-state index is 11.5. The molecule has 2 aliphatic rings. The van der Waals surface area contributed by atoms with Gasteiger partial charge in [0.15, 0.2) is 0 Å². The minimum absolute atomic E-state index is 0.392. The predicted octanol–water partition coefficient (Wildman–Crippen LogP) is 4.46. The fraction of sp³-hybridized carbons (Fsp3) is 0.381. The van der Waals surface area contributed by atoms with Crippen molar-refractivity contribution in [2.75, 3.05) is 19.6 Å². The standard InChI is InChI=1S/C21H23NO2S/c1-2-22-10-7-15(8-11-22)19-18-13-17(21(23)24)6-4-14(18)3-5-16-9-12-25-20(16)19/h4,6,9,12-13H,2-3,5,7-8,10-11H2,1H3,(H,23,24). The molecule has 0 atom stereocenters. The van der Waals surface area contributed by atoms with E-state index in [9.17, 15) is 9.90 Å². The van der Waals surface area contributed by atoms with E-state index in [1.807, 2.05) is 12.1 Å². The first-order chi connectivity index (χ1) is 12.2. The molecule has 2 heterocycles. The molecule has 2 aromatic rings. The number of aryl methyl sites for hydroxylation is 2. The van der Waals surface area contributed by atoms with Gasteiger partial charge in [-0.05, 0) is 78.1 Å².